The number of aryl methyl sites for hydroxylation is 2. The number of aromatic nitrogens is 1. The minimum atomic E-state index is -3.52. The highest BCUT2D eigenvalue weighted by Gasteiger charge is 2.18. The first-order valence-corrected chi connectivity index (χ1v) is 10.9. The third-order valence-electron chi connectivity index (χ3n) is 5.19. The Kier molecular flexibility index (Phi) is 5.14. The smallest absolute Gasteiger partial charge is 0.240 e. The normalized spacial score (nSPS) is 14.1. The average Bonchev–Trinajstić information content (AvgIpc) is 3.14. The molecule has 1 aliphatic rings. The second kappa shape index (κ2) is 7.71. The molecule has 0 saturated carbocycles. The first-order valence-electron chi connectivity index (χ1n) is 9.41. The number of hydrogen-bond acceptors (Lipinski definition) is 2. The van der Waals surface area contributed by atoms with E-state index in [4.69, 9.17) is 0 Å². The topological polar surface area (TPSA) is 51.1 Å². The highest BCUT2D eigenvalue weighted by atomic mass is 32.2. The van der Waals surface area contributed by atoms with E-state index in [0.717, 1.165) is 31.5 Å². The maximum absolute atomic E-state index is 12.8. The van der Waals surface area contributed by atoms with E-state index in [9.17, 15) is 8.42 Å². The van der Waals surface area contributed by atoms with Crippen LogP contribution in [-0.2, 0) is 36.0 Å². The Labute approximate surface area is 160 Å². The van der Waals surface area contributed by atoms with Gasteiger partial charge in [-0.05, 0) is 66.6 Å². The van der Waals surface area contributed by atoms with Crippen LogP contribution in [0.25, 0.3) is 0 Å². The van der Waals surface area contributed by atoms with Crippen LogP contribution in [0.5, 0.6) is 0 Å². The standard InChI is InChI=1S/C22H24N2O2S/c25-27(26,22-13-12-19-9-4-5-10-20(19)15-22)23-16-21-11-6-14-24(21)17-18-7-2-1-3-8-18/h1-3,6-8,11-15,23H,4-5,9-10,16-17H2. The van der Waals surface area contributed by atoms with Crippen molar-refractivity contribution in [2.24, 2.45) is 0 Å². The molecule has 0 bridgehead atoms. The third kappa shape index (κ3) is 4.15. The van der Waals surface area contributed by atoms with Crippen molar-refractivity contribution >= 4 is 10.0 Å². The SMILES string of the molecule is O=S(=O)(NCc1cccn1Cc1ccccc1)c1ccc2c(c1)CCCC2. The lowest BCUT2D eigenvalue weighted by Gasteiger charge is -2.17. The molecule has 0 saturated heterocycles. The van der Waals surface area contributed by atoms with Crippen molar-refractivity contribution < 1.29 is 8.42 Å². The van der Waals surface area contributed by atoms with Gasteiger partial charge in [0, 0.05) is 18.4 Å². The highest BCUT2D eigenvalue weighted by Crippen LogP contribution is 2.24. The van der Waals surface area contributed by atoms with Crippen molar-refractivity contribution in [3.63, 3.8) is 0 Å². The van der Waals surface area contributed by atoms with Crippen LogP contribution in [0.1, 0.15) is 35.2 Å². The van der Waals surface area contributed by atoms with Crippen molar-refractivity contribution in [3.8, 4) is 0 Å². The van der Waals surface area contributed by atoms with Gasteiger partial charge in [0.05, 0.1) is 11.4 Å². The molecule has 4 nitrogen and oxygen atoms in total. The molecule has 1 heterocycles. The lowest BCUT2D eigenvalue weighted by atomic mass is 9.92. The Morgan fingerprint density at radius 2 is 1.67 bits per heavy atom. The summed E-state index contributed by atoms with van der Waals surface area (Å²) < 4.78 is 30.4. The average molecular weight is 381 g/mol. The quantitative estimate of drug-likeness (QED) is 0.705. The van der Waals surface area contributed by atoms with E-state index >= 15 is 0 Å². The van der Waals surface area contributed by atoms with E-state index in [1.165, 1.54) is 23.1 Å². The lowest BCUT2D eigenvalue weighted by Crippen LogP contribution is -2.25. The summed E-state index contributed by atoms with van der Waals surface area (Å²) in [5, 5.41) is 0. The van der Waals surface area contributed by atoms with Crippen LogP contribution >= 0.6 is 0 Å². The van der Waals surface area contributed by atoms with E-state index in [2.05, 4.69) is 21.4 Å². The van der Waals surface area contributed by atoms with Crippen LogP contribution in [0.3, 0.4) is 0 Å². The van der Waals surface area contributed by atoms with Gasteiger partial charge in [-0.1, -0.05) is 36.4 Å². The largest absolute Gasteiger partial charge is 0.346 e. The molecule has 2 aromatic carbocycles. The first kappa shape index (κ1) is 18.0. The molecule has 1 aliphatic carbocycles. The molecule has 3 aromatic rings. The molecule has 27 heavy (non-hydrogen) atoms. The zero-order chi connectivity index (χ0) is 18.7. The van der Waals surface area contributed by atoms with Gasteiger partial charge in [-0.15, -0.1) is 0 Å². The molecule has 0 unspecified atom stereocenters. The molecule has 4 rings (SSSR count). The molecule has 0 aliphatic heterocycles. The van der Waals surface area contributed by atoms with Crippen LogP contribution in [0.15, 0.2) is 71.8 Å². The number of hydrogen-bond donors (Lipinski definition) is 1. The van der Waals surface area contributed by atoms with Gasteiger partial charge in [0.2, 0.25) is 10.0 Å². The molecule has 0 spiro atoms. The molecule has 0 atom stereocenters. The van der Waals surface area contributed by atoms with Gasteiger partial charge in [-0.2, -0.15) is 0 Å². The predicted molar refractivity (Wildman–Crippen MR) is 107 cm³/mol. The van der Waals surface area contributed by atoms with E-state index in [0.29, 0.717) is 4.90 Å². The monoisotopic (exact) mass is 380 g/mol. The van der Waals surface area contributed by atoms with Crippen LogP contribution < -0.4 is 4.72 Å². The predicted octanol–water partition coefficient (Wildman–Crippen LogP) is 3.89. The number of sulfonamides is 1. The van der Waals surface area contributed by atoms with Crippen LogP contribution in [0.2, 0.25) is 0 Å². The molecule has 0 amide bonds. The van der Waals surface area contributed by atoms with E-state index < -0.39 is 10.0 Å². The summed E-state index contributed by atoms with van der Waals surface area (Å²) in [4.78, 5) is 0.365. The minimum absolute atomic E-state index is 0.277. The van der Waals surface area contributed by atoms with Crippen molar-refractivity contribution in [1.82, 2.24) is 9.29 Å². The fraction of sp³-hybridized carbons (Fsp3) is 0.273. The maximum Gasteiger partial charge on any atom is 0.240 e. The number of fused-ring (bicyclic) bond motifs is 1. The lowest BCUT2D eigenvalue weighted by molar-refractivity contribution is 0.577. The molecular formula is C22H24N2O2S. The second-order valence-electron chi connectivity index (χ2n) is 7.08. The number of nitrogens with one attached hydrogen (secondary N) is 1. The van der Waals surface area contributed by atoms with Gasteiger partial charge in [0.15, 0.2) is 0 Å². The Morgan fingerprint density at radius 3 is 2.48 bits per heavy atom. The van der Waals surface area contributed by atoms with Crippen LogP contribution in [0.4, 0.5) is 0 Å². The zero-order valence-electron chi connectivity index (χ0n) is 15.3. The summed E-state index contributed by atoms with van der Waals surface area (Å²) in [6.45, 7) is 1.00. The molecule has 1 aromatic heterocycles. The summed E-state index contributed by atoms with van der Waals surface area (Å²) in [6.07, 6.45) is 6.33. The van der Waals surface area contributed by atoms with E-state index in [1.54, 1.807) is 6.07 Å². The summed E-state index contributed by atoms with van der Waals surface area (Å²) in [7, 11) is -3.52. The van der Waals surface area contributed by atoms with E-state index in [-0.39, 0.29) is 6.54 Å². The molecule has 140 valence electrons. The Hall–Kier alpha value is -2.37. The molecule has 0 radical (unpaired) electrons. The molecular weight excluding hydrogens is 356 g/mol. The van der Waals surface area contributed by atoms with Crippen molar-refractivity contribution in [2.75, 3.05) is 0 Å². The fourth-order valence-corrected chi connectivity index (χ4v) is 4.72. The minimum Gasteiger partial charge on any atom is -0.346 e. The fourth-order valence-electron chi connectivity index (χ4n) is 3.67. The van der Waals surface area contributed by atoms with Gasteiger partial charge < -0.3 is 4.57 Å². The summed E-state index contributed by atoms with van der Waals surface area (Å²) >= 11 is 0. The molecule has 5 heteroatoms. The van der Waals surface area contributed by atoms with Crippen LogP contribution in [0, 0.1) is 0 Å². The molecule has 1 N–H and O–H groups in total. The van der Waals surface area contributed by atoms with Gasteiger partial charge >= 0.3 is 0 Å². The second-order valence-corrected chi connectivity index (χ2v) is 8.84. The summed E-state index contributed by atoms with van der Waals surface area (Å²) in [5.74, 6) is 0. The number of rotatable bonds is 6. The maximum atomic E-state index is 12.8. The Morgan fingerprint density at radius 1 is 0.889 bits per heavy atom. The Bertz CT molecular complexity index is 1020. The zero-order valence-corrected chi connectivity index (χ0v) is 16.1. The van der Waals surface area contributed by atoms with Gasteiger partial charge in [0.25, 0.3) is 0 Å². The highest BCUT2D eigenvalue weighted by molar-refractivity contribution is 7.89. The van der Waals surface area contributed by atoms with Gasteiger partial charge in [-0.25, -0.2) is 13.1 Å². The van der Waals surface area contributed by atoms with Crippen molar-refractivity contribution in [1.29, 1.82) is 0 Å². The van der Waals surface area contributed by atoms with Gasteiger partial charge in [-0.3, -0.25) is 0 Å². The van der Waals surface area contributed by atoms with Crippen molar-refractivity contribution in [3.05, 3.63) is 89.2 Å². The number of nitrogens with zero attached hydrogens (tertiary/aromatic N) is 1. The third-order valence-corrected chi connectivity index (χ3v) is 6.59. The first-order chi connectivity index (χ1) is 13.1. The van der Waals surface area contributed by atoms with Crippen molar-refractivity contribution in [2.45, 2.75) is 43.7 Å². The number of benzene rings is 2. The summed E-state index contributed by atoms with van der Waals surface area (Å²) in [6, 6.07) is 19.6. The van der Waals surface area contributed by atoms with E-state index in [1.807, 2.05) is 48.7 Å². The molecule has 0 fully saturated rings. The van der Waals surface area contributed by atoms with Crippen LogP contribution in [-0.4, -0.2) is 13.0 Å². The Balaban J connectivity index is 1.48. The van der Waals surface area contributed by atoms with Gasteiger partial charge in [0.1, 0.15) is 0 Å². The summed E-state index contributed by atoms with van der Waals surface area (Å²) in [5.41, 5.74) is 4.60.